The highest BCUT2D eigenvalue weighted by atomic mass is 32.2. The first-order valence-corrected chi connectivity index (χ1v) is 10.8. The number of ether oxygens (including phenoxy) is 2. The van der Waals surface area contributed by atoms with Gasteiger partial charge in [0.1, 0.15) is 11.5 Å². The van der Waals surface area contributed by atoms with Crippen LogP contribution >= 0.6 is 11.8 Å². The Balaban J connectivity index is 1.79. The molecule has 7 heteroatoms. The van der Waals surface area contributed by atoms with Crippen molar-refractivity contribution in [1.29, 1.82) is 0 Å². The van der Waals surface area contributed by atoms with E-state index >= 15 is 0 Å². The van der Waals surface area contributed by atoms with E-state index in [4.69, 9.17) is 9.47 Å². The zero-order valence-corrected chi connectivity index (χ0v) is 17.7. The molecule has 3 N–H and O–H groups in total. The minimum absolute atomic E-state index is 0.793. The van der Waals surface area contributed by atoms with Crippen molar-refractivity contribution >= 4 is 28.6 Å². The van der Waals surface area contributed by atoms with Crippen molar-refractivity contribution < 1.29 is 9.47 Å². The zero-order chi connectivity index (χ0) is 19.5. The molecule has 0 saturated carbocycles. The van der Waals surface area contributed by atoms with Gasteiger partial charge in [0.05, 0.1) is 19.7 Å². The van der Waals surface area contributed by atoms with Gasteiger partial charge in [0.25, 0.3) is 0 Å². The number of hydrogen-bond donors (Lipinski definition) is 3. The fourth-order valence-corrected chi connectivity index (χ4v) is 3.44. The zero-order valence-electron chi connectivity index (χ0n) is 16.9. The number of aliphatic imine (C=N–C) groups is 1. The Labute approximate surface area is 166 Å². The van der Waals surface area contributed by atoms with Crippen LogP contribution in [0.4, 0.5) is 0 Å². The van der Waals surface area contributed by atoms with Crippen LogP contribution in [0, 0.1) is 0 Å². The lowest BCUT2D eigenvalue weighted by Gasteiger charge is -2.11. The number of hydrogen-bond acceptors (Lipinski definition) is 4. The molecule has 2 aromatic rings. The number of aryl methyl sites for hydroxylation is 1. The first kappa shape index (κ1) is 21.3. The van der Waals surface area contributed by atoms with Crippen LogP contribution in [0.1, 0.15) is 25.0 Å². The fourth-order valence-electron chi connectivity index (χ4n) is 2.94. The molecule has 1 aromatic carbocycles. The second kappa shape index (κ2) is 11.6. The Bertz CT molecular complexity index is 730. The molecule has 2 rings (SSSR count). The van der Waals surface area contributed by atoms with Crippen molar-refractivity contribution in [2.45, 2.75) is 25.7 Å². The lowest BCUT2D eigenvalue weighted by atomic mass is 10.2. The number of benzene rings is 1. The van der Waals surface area contributed by atoms with Crippen LogP contribution in [0.5, 0.6) is 11.5 Å². The van der Waals surface area contributed by atoms with Crippen molar-refractivity contribution in [1.82, 2.24) is 15.6 Å². The maximum atomic E-state index is 5.48. The van der Waals surface area contributed by atoms with Gasteiger partial charge >= 0.3 is 0 Å². The molecule has 0 aliphatic rings. The normalized spacial score (nSPS) is 11.6. The van der Waals surface area contributed by atoms with Crippen LogP contribution in [0.3, 0.4) is 0 Å². The van der Waals surface area contributed by atoms with Gasteiger partial charge in [-0.15, -0.1) is 0 Å². The SMILES string of the molecule is CN=C(NCCCCSC)NCCCc1cc2c(OC)cc(OC)cc2[nH]1. The Hall–Kier alpha value is -2.02. The number of guanidine groups is 1. The summed E-state index contributed by atoms with van der Waals surface area (Å²) in [7, 11) is 5.17. The molecule has 150 valence electrons. The predicted octanol–water partition coefficient (Wildman–Crippen LogP) is 3.43. The van der Waals surface area contributed by atoms with E-state index in [-0.39, 0.29) is 0 Å². The molecule has 1 heterocycles. The van der Waals surface area contributed by atoms with Gasteiger partial charge in [-0.25, -0.2) is 0 Å². The summed E-state index contributed by atoms with van der Waals surface area (Å²) in [6, 6.07) is 6.07. The molecule has 0 spiro atoms. The molecular weight excluding hydrogens is 360 g/mol. The van der Waals surface area contributed by atoms with E-state index < -0.39 is 0 Å². The maximum absolute atomic E-state index is 5.48. The summed E-state index contributed by atoms with van der Waals surface area (Å²) in [5, 5.41) is 7.83. The van der Waals surface area contributed by atoms with Crippen molar-refractivity contribution in [3.8, 4) is 11.5 Å². The highest BCUT2D eigenvalue weighted by Gasteiger charge is 2.09. The van der Waals surface area contributed by atoms with Crippen LogP contribution in [-0.2, 0) is 6.42 Å². The Morgan fingerprint density at radius 1 is 1.07 bits per heavy atom. The van der Waals surface area contributed by atoms with Crippen LogP contribution in [0.25, 0.3) is 10.9 Å². The highest BCUT2D eigenvalue weighted by Crippen LogP contribution is 2.31. The van der Waals surface area contributed by atoms with Crippen molar-refractivity contribution in [3.63, 3.8) is 0 Å². The number of nitrogens with one attached hydrogen (secondary N) is 3. The van der Waals surface area contributed by atoms with Gasteiger partial charge in [0.2, 0.25) is 0 Å². The third-order valence-electron chi connectivity index (χ3n) is 4.39. The molecule has 0 unspecified atom stereocenters. The molecule has 0 bridgehead atoms. The predicted molar refractivity (Wildman–Crippen MR) is 117 cm³/mol. The second-order valence-electron chi connectivity index (χ2n) is 6.31. The third kappa shape index (κ3) is 6.57. The van der Waals surface area contributed by atoms with Crippen molar-refractivity contribution in [2.24, 2.45) is 4.99 Å². The average molecular weight is 393 g/mol. The number of methoxy groups -OCH3 is 2. The first-order chi connectivity index (χ1) is 13.2. The molecule has 0 fully saturated rings. The highest BCUT2D eigenvalue weighted by molar-refractivity contribution is 7.98. The Morgan fingerprint density at radius 2 is 1.85 bits per heavy atom. The third-order valence-corrected chi connectivity index (χ3v) is 5.09. The van der Waals surface area contributed by atoms with Crippen LogP contribution in [0.15, 0.2) is 23.2 Å². The van der Waals surface area contributed by atoms with E-state index in [1.165, 1.54) is 24.3 Å². The second-order valence-corrected chi connectivity index (χ2v) is 7.30. The molecule has 0 aliphatic heterocycles. The quantitative estimate of drug-likeness (QED) is 0.310. The monoisotopic (exact) mass is 392 g/mol. The maximum Gasteiger partial charge on any atom is 0.190 e. The molecule has 0 aliphatic carbocycles. The van der Waals surface area contributed by atoms with Crippen LogP contribution in [0.2, 0.25) is 0 Å². The first-order valence-electron chi connectivity index (χ1n) is 9.39. The number of aromatic nitrogens is 1. The lowest BCUT2D eigenvalue weighted by Crippen LogP contribution is -2.38. The van der Waals surface area contributed by atoms with Crippen LogP contribution < -0.4 is 20.1 Å². The number of thioether (sulfide) groups is 1. The minimum Gasteiger partial charge on any atom is -0.497 e. The molecule has 0 atom stereocenters. The van der Waals surface area contributed by atoms with Gasteiger partial charge in [0, 0.05) is 43.4 Å². The van der Waals surface area contributed by atoms with E-state index in [0.29, 0.717) is 0 Å². The summed E-state index contributed by atoms with van der Waals surface area (Å²) in [4.78, 5) is 7.74. The molecule has 27 heavy (non-hydrogen) atoms. The van der Waals surface area contributed by atoms with Gasteiger partial charge in [-0.05, 0) is 43.8 Å². The summed E-state index contributed by atoms with van der Waals surface area (Å²) in [5.41, 5.74) is 2.23. The number of aromatic amines is 1. The largest absolute Gasteiger partial charge is 0.497 e. The number of unbranched alkanes of at least 4 members (excludes halogenated alkanes) is 1. The van der Waals surface area contributed by atoms with Crippen LogP contribution in [-0.4, -0.2) is 57.3 Å². The topological polar surface area (TPSA) is 70.7 Å². The summed E-state index contributed by atoms with van der Waals surface area (Å²) in [6.45, 7) is 1.84. The average Bonchev–Trinajstić information content (AvgIpc) is 3.11. The van der Waals surface area contributed by atoms with Gasteiger partial charge in [-0.1, -0.05) is 0 Å². The van der Waals surface area contributed by atoms with Gasteiger partial charge < -0.3 is 25.1 Å². The number of nitrogens with zero attached hydrogens (tertiary/aromatic N) is 1. The van der Waals surface area contributed by atoms with E-state index in [2.05, 4.69) is 32.9 Å². The standard InChI is InChI=1S/C20H32N4O2S/c1-21-20(22-9-5-6-11-27-4)23-10-7-8-15-12-17-18(24-15)13-16(25-2)14-19(17)26-3/h12-14,24H,5-11H2,1-4H3,(H2,21,22,23). The Morgan fingerprint density at radius 3 is 2.52 bits per heavy atom. The van der Waals surface area contributed by atoms with Gasteiger partial charge in [0.15, 0.2) is 5.96 Å². The van der Waals surface area contributed by atoms with Gasteiger partial charge in [-0.2, -0.15) is 11.8 Å². The summed E-state index contributed by atoms with van der Waals surface area (Å²) < 4.78 is 10.8. The van der Waals surface area contributed by atoms with E-state index in [9.17, 15) is 0 Å². The summed E-state index contributed by atoms with van der Waals surface area (Å²) in [6.07, 6.45) is 6.52. The number of rotatable bonds is 11. The van der Waals surface area contributed by atoms with Gasteiger partial charge in [-0.3, -0.25) is 4.99 Å². The van der Waals surface area contributed by atoms with E-state index in [0.717, 1.165) is 54.3 Å². The molecule has 1 aromatic heterocycles. The molecule has 6 nitrogen and oxygen atoms in total. The number of fused-ring (bicyclic) bond motifs is 1. The smallest absolute Gasteiger partial charge is 0.190 e. The van der Waals surface area contributed by atoms with E-state index in [1.807, 2.05) is 30.9 Å². The van der Waals surface area contributed by atoms with Crippen molar-refractivity contribution in [2.75, 3.05) is 46.4 Å². The molecule has 0 saturated heterocycles. The lowest BCUT2D eigenvalue weighted by molar-refractivity contribution is 0.398. The Kier molecular flexibility index (Phi) is 9.18. The molecule has 0 amide bonds. The van der Waals surface area contributed by atoms with E-state index in [1.54, 1.807) is 14.2 Å². The summed E-state index contributed by atoms with van der Waals surface area (Å²) >= 11 is 1.90. The minimum atomic E-state index is 0.793. The molecule has 0 radical (unpaired) electrons. The van der Waals surface area contributed by atoms with Crippen molar-refractivity contribution in [3.05, 3.63) is 23.9 Å². The number of H-pyrrole nitrogens is 1. The summed E-state index contributed by atoms with van der Waals surface area (Å²) in [5.74, 6) is 3.72. The molecular formula is C20H32N4O2S. The fraction of sp³-hybridized carbons (Fsp3) is 0.550.